The quantitative estimate of drug-likeness (QED) is 0.500. The molecule has 2 atom stereocenters. The number of nitrogens with one attached hydrogen (secondary N) is 2. The van der Waals surface area contributed by atoms with Crippen molar-refractivity contribution in [2.75, 3.05) is 13.1 Å². The summed E-state index contributed by atoms with van der Waals surface area (Å²) in [5, 5.41) is 24.1. The van der Waals surface area contributed by atoms with E-state index < -0.39 is 0 Å². The summed E-state index contributed by atoms with van der Waals surface area (Å²) in [6, 6.07) is 4.16. The van der Waals surface area contributed by atoms with E-state index in [1.807, 2.05) is 0 Å². The largest absolute Gasteiger partial charge is 0.386 e. The fraction of sp³-hybridized carbons (Fsp3) is 0.625. The molecule has 110 valence electrons. The van der Waals surface area contributed by atoms with Crippen molar-refractivity contribution in [2.24, 2.45) is 11.8 Å². The highest BCUT2D eigenvalue weighted by Gasteiger charge is 2.07. The molecule has 0 aliphatic carbocycles. The minimum absolute atomic E-state index is 0.360. The number of rotatable bonds is 9. The van der Waals surface area contributed by atoms with Crippen molar-refractivity contribution in [1.29, 1.82) is 10.5 Å². The standard InChI is InChI=1S/C16H26N4/c1-5-13(3)15(7-9-17)19-11-12-20-16(8-10-18)14(4)6-2/h7-8,13-14,19-20H,5-6,11-12H2,1-4H3/b15-7+,16-8+. The van der Waals surface area contributed by atoms with Crippen LogP contribution in [0.4, 0.5) is 0 Å². The van der Waals surface area contributed by atoms with Gasteiger partial charge in [-0.05, 0) is 24.7 Å². The van der Waals surface area contributed by atoms with E-state index in [0.29, 0.717) is 11.8 Å². The van der Waals surface area contributed by atoms with Gasteiger partial charge in [-0.1, -0.05) is 27.7 Å². The summed E-state index contributed by atoms with van der Waals surface area (Å²) in [6.07, 6.45) is 5.16. The van der Waals surface area contributed by atoms with Crippen LogP contribution in [0.1, 0.15) is 40.5 Å². The molecule has 0 aromatic carbocycles. The molecule has 0 rings (SSSR count). The zero-order chi connectivity index (χ0) is 15.4. The Labute approximate surface area is 123 Å². The van der Waals surface area contributed by atoms with E-state index >= 15 is 0 Å². The molecule has 0 aliphatic heterocycles. The first-order valence-corrected chi connectivity index (χ1v) is 7.27. The van der Waals surface area contributed by atoms with Gasteiger partial charge < -0.3 is 10.6 Å². The van der Waals surface area contributed by atoms with Gasteiger partial charge in [0.05, 0.1) is 12.1 Å². The smallest absolute Gasteiger partial charge is 0.0930 e. The number of nitrogens with zero attached hydrogens (tertiary/aromatic N) is 2. The summed E-state index contributed by atoms with van der Waals surface area (Å²) in [5.74, 6) is 0.719. The van der Waals surface area contributed by atoms with Gasteiger partial charge in [0.1, 0.15) is 0 Å². The molecule has 0 amide bonds. The van der Waals surface area contributed by atoms with E-state index in [2.05, 4.69) is 50.5 Å². The maximum Gasteiger partial charge on any atom is 0.0930 e. The Bertz CT molecular complexity index is 369. The highest BCUT2D eigenvalue weighted by molar-refractivity contribution is 5.15. The lowest BCUT2D eigenvalue weighted by atomic mass is 10.0. The highest BCUT2D eigenvalue weighted by Crippen LogP contribution is 2.11. The number of hydrogen-bond acceptors (Lipinski definition) is 4. The van der Waals surface area contributed by atoms with Crippen molar-refractivity contribution in [1.82, 2.24) is 10.6 Å². The second kappa shape index (κ2) is 10.9. The minimum atomic E-state index is 0.360. The maximum atomic E-state index is 8.77. The molecule has 0 aliphatic rings. The Kier molecular flexibility index (Phi) is 9.87. The van der Waals surface area contributed by atoms with E-state index in [0.717, 1.165) is 37.3 Å². The molecule has 20 heavy (non-hydrogen) atoms. The molecular formula is C16H26N4. The van der Waals surface area contributed by atoms with Crippen molar-refractivity contribution in [3.8, 4) is 12.1 Å². The van der Waals surface area contributed by atoms with Crippen LogP contribution in [-0.4, -0.2) is 13.1 Å². The molecule has 0 aromatic heterocycles. The van der Waals surface area contributed by atoms with Crippen LogP contribution in [0.5, 0.6) is 0 Å². The molecule has 0 radical (unpaired) electrons. The third kappa shape index (κ3) is 6.85. The predicted molar refractivity (Wildman–Crippen MR) is 82.3 cm³/mol. The predicted octanol–water partition coefficient (Wildman–Crippen LogP) is 3.07. The van der Waals surface area contributed by atoms with Gasteiger partial charge in [-0.15, -0.1) is 0 Å². The average molecular weight is 274 g/mol. The molecular weight excluding hydrogens is 248 g/mol. The summed E-state index contributed by atoms with van der Waals surface area (Å²) >= 11 is 0. The molecule has 0 aromatic rings. The van der Waals surface area contributed by atoms with Crippen LogP contribution < -0.4 is 10.6 Å². The summed E-state index contributed by atoms with van der Waals surface area (Å²) in [7, 11) is 0. The Hall–Kier alpha value is -1.94. The Morgan fingerprint density at radius 1 is 0.900 bits per heavy atom. The summed E-state index contributed by atoms with van der Waals surface area (Å²) in [5.41, 5.74) is 1.96. The lowest BCUT2D eigenvalue weighted by Crippen LogP contribution is -2.30. The van der Waals surface area contributed by atoms with Crippen LogP contribution in [0.2, 0.25) is 0 Å². The molecule has 4 nitrogen and oxygen atoms in total. The fourth-order valence-electron chi connectivity index (χ4n) is 1.73. The minimum Gasteiger partial charge on any atom is -0.386 e. The first-order valence-electron chi connectivity index (χ1n) is 7.27. The van der Waals surface area contributed by atoms with E-state index in [9.17, 15) is 0 Å². The van der Waals surface area contributed by atoms with Crippen LogP contribution in [-0.2, 0) is 0 Å². The van der Waals surface area contributed by atoms with Crippen LogP contribution in [0, 0.1) is 34.5 Å². The molecule has 0 saturated heterocycles. The Morgan fingerprint density at radius 2 is 1.25 bits per heavy atom. The van der Waals surface area contributed by atoms with Gasteiger partial charge in [-0.2, -0.15) is 10.5 Å². The van der Waals surface area contributed by atoms with Crippen molar-refractivity contribution < 1.29 is 0 Å². The molecule has 0 heterocycles. The normalized spacial score (nSPS) is 14.9. The SMILES string of the molecule is CCC(C)/C(=C\C#N)NCCN/C(=C/C#N)C(C)CC. The second-order valence-corrected chi connectivity index (χ2v) is 4.93. The van der Waals surface area contributed by atoms with Gasteiger partial charge in [0.2, 0.25) is 0 Å². The van der Waals surface area contributed by atoms with Crippen molar-refractivity contribution in [2.45, 2.75) is 40.5 Å². The second-order valence-electron chi connectivity index (χ2n) is 4.93. The van der Waals surface area contributed by atoms with Gasteiger partial charge in [0.25, 0.3) is 0 Å². The zero-order valence-electron chi connectivity index (χ0n) is 13.0. The van der Waals surface area contributed by atoms with Crippen molar-refractivity contribution >= 4 is 0 Å². The Balaban J connectivity index is 4.30. The van der Waals surface area contributed by atoms with E-state index in [4.69, 9.17) is 10.5 Å². The first kappa shape index (κ1) is 18.1. The van der Waals surface area contributed by atoms with E-state index in [1.54, 1.807) is 12.2 Å². The molecule has 0 bridgehead atoms. The molecule has 4 heteroatoms. The van der Waals surface area contributed by atoms with E-state index in [-0.39, 0.29) is 0 Å². The topological polar surface area (TPSA) is 71.6 Å². The summed E-state index contributed by atoms with van der Waals surface area (Å²) in [6.45, 7) is 9.88. The van der Waals surface area contributed by atoms with Gasteiger partial charge in [-0.3, -0.25) is 0 Å². The number of allylic oxidation sites excluding steroid dienone is 4. The average Bonchev–Trinajstić information content (AvgIpc) is 2.47. The van der Waals surface area contributed by atoms with Crippen molar-refractivity contribution in [3.05, 3.63) is 23.5 Å². The van der Waals surface area contributed by atoms with Gasteiger partial charge in [0, 0.05) is 36.6 Å². The lowest BCUT2D eigenvalue weighted by molar-refractivity contribution is 0.555. The van der Waals surface area contributed by atoms with Gasteiger partial charge in [0.15, 0.2) is 0 Å². The lowest BCUT2D eigenvalue weighted by Gasteiger charge is -2.18. The Morgan fingerprint density at radius 3 is 1.50 bits per heavy atom. The number of hydrogen-bond donors (Lipinski definition) is 2. The first-order chi connectivity index (χ1) is 9.60. The summed E-state index contributed by atoms with van der Waals surface area (Å²) in [4.78, 5) is 0. The maximum absolute atomic E-state index is 8.77. The van der Waals surface area contributed by atoms with Crippen LogP contribution >= 0.6 is 0 Å². The van der Waals surface area contributed by atoms with Crippen molar-refractivity contribution in [3.63, 3.8) is 0 Å². The molecule has 2 unspecified atom stereocenters. The molecule has 0 spiro atoms. The number of nitriles is 2. The molecule has 0 fully saturated rings. The third-order valence-corrected chi connectivity index (χ3v) is 3.51. The van der Waals surface area contributed by atoms with Crippen LogP contribution in [0.15, 0.2) is 23.5 Å². The third-order valence-electron chi connectivity index (χ3n) is 3.51. The summed E-state index contributed by atoms with van der Waals surface area (Å²) < 4.78 is 0. The van der Waals surface area contributed by atoms with Gasteiger partial charge in [-0.25, -0.2) is 0 Å². The highest BCUT2D eigenvalue weighted by atomic mass is 15.0. The monoisotopic (exact) mass is 274 g/mol. The zero-order valence-corrected chi connectivity index (χ0v) is 13.0. The fourth-order valence-corrected chi connectivity index (χ4v) is 1.73. The van der Waals surface area contributed by atoms with Crippen LogP contribution in [0.25, 0.3) is 0 Å². The molecule has 0 saturated carbocycles. The van der Waals surface area contributed by atoms with Gasteiger partial charge >= 0.3 is 0 Å². The van der Waals surface area contributed by atoms with Crippen LogP contribution in [0.3, 0.4) is 0 Å². The van der Waals surface area contributed by atoms with E-state index in [1.165, 1.54) is 0 Å². The molecule has 2 N–H and O–H groups in total.